The van der Waals surface area contributed by atoms with Gasteiger partial charge in [0.25, 0.3) is 0 Å². The lowest BCUT2D eigenvalue weighted by Gasteiger charge is -2.10. The second-order valence-electron chi connectivity index (χ2n) is 3.93. The first-order valence-electron chi connectivity index (χ1n) is 5.47. The molecule has 0 heterocycles. The van der Waals surface area contributed by atoms with Gasteiger partial charge in [0.05, 0.1) is 0 Å². The maximum Gasteiger partial charge on any atom is 0.237 e. The lowest BCUT2D eigenvalue weighted by Crippen LogP contribution is -2.29. The highest BCUT2D eigenvalue weighted by molar-refractivity contribution is 7.86. The first-order valence-corrected chi connectivity index (χ1v) is 6.85. The van der Waals surface area contributed by atoms with E-state index in [1.54, 1.807) is 6.92 Å². The van der Waals surface area contributed by atoms with Crippen molar-refractivity contribution in [2.75, 3.05) is 17.6 Å². The Balaban J connectivity index is 2.56. The van der Waals surface area contributed by atoms with Crippen molar-refractivity contribution >= 4 is 22.4 Å². The Bertz CT molecular complexity index is 421. The Morgan fingerprint density at radius 3 is 2.71 bits per heavy atom. The van der Waals surface area contributed by atoms with Crippen LogP contribution in [0.25, 0.3) is 0 Å². The summed E-state index contributed by atoms with van der Waals surface area (Å²) in [6, 6.07) is 7.49. The summed E-state index contributed by atoms with van der Waals surface area (Å²) in [5.41, 5.74) is 7.14. The number of benzene rings is 1. The third-order valence-corrected chi connectivity index (χ3v) is 4.11. The highest BCUT2D eigenvalue weighted by Gasteiger charge is 2.14. The van der Waals surface area contributed by atoms with Gasteiger partial charge in [0.15, 0.2) is 0 Å². The number of para-hydroxylation sites is 1. The summed E-state index contributed by atoms with van der Waals surface area (Å²) in [7, 11) is -1.21. The van der Waals surface area contributed by atoms with Crippen LogP contribution in [0.3, 0.4) is 0 Å². The predicted octanol–water partition coefficient (Wildman–Crippen LogP) is 1.03. The summed E-state index contributed by atoms with van der Waals surface area (Å²) in [6.45, 7) is 4.01. The van der Waals surface area contributed by atoms with Crippen molar-refractivity contribution in [3.63, 3.8) is 0 Å². The normalized spacial score (nSPS) is 14.1. The molecule has 2 unspecified atom stereocenters. The molecule has 1 aromatic carbocycles. The Hall–Kier alpha value is -1.20. The molecule has 17 heavy (non-hydrogen) atoms. The fourth-order valence-electron chi connectivity index (χ4n) is 1.28. The van der Waals surface area contributed by atoms with Crippen LogP contribution in [0.5, 0.6) is 0 Å². The van der Waals surface area contributed by atoms with Crippen LogP contribution in [0.15, 0.2) is 24.3 Å². The molecular weight excluding hydrogens is 236 g/mol. The number of amides is 1. The lowest BCUT2D eigenvalue weighted by atomic mass is 10.2. The fraction of sp³-hybridized carbons (Fsp3) is 0.417. The van der Waals surface area contributed by atoms with Gasteiger partial charge in [0, 0.05) is 28.3 Å². The number of anilines is 1. The standard InChI is InChI=1S/C12H18N2O2S/c1-9-5-3-4-6-11(9)14-12(15)8-17(16)10(2)7-13/h3-6,10H,7-8,13H2,1-2H3,(H,14,15). The minimum Gasteiger partial charge on any atom is -0.329 e. The predicted molar refractivity (Wildman–Crippen MR) is 71.3 cm³/mol. The van der Waals surface area contributed by atoms with Crippen LogP contribution in [-0.2, 0) is 15.6 Å². The van der Waals surface area contributed by atoms with E-state index in [0.29, 0.717) is 6.54 Å². The molecule has 94 valence electrons. The lowest BCUT2D eigenvalue weighted by molar-refractivity contribution is -0.113. The molecule has 1 aromatic rings. The van der Waals surface area contributed by atoms with E-state index < -0.39 is 10.8 Å². The van der Waals surface area contributed by atoms with Gasteiger partial charge in [-0.25, -0.2) is 0 Å². The van der Waals surface area contributed by atoms with Crippen molar-refractivity contribution in [1.29, 1.82) is 0 Å². The number of carbonyl (C=O) groups is 1. The molecule has 0 aliphatic heterocycles. The molecule has 0 spiro atoms. The number of hydrogen-bond donors (Lipinski definition) is 2. The van der Waals surface area contributed by atoms with Crippen LogP contribution in [-0.4, -0.2) is 27.7 Å². The summed E-state index contributed by atoms with van der Waals surface area (Å²) in [4.78, 5) is 11.7. The van der Waals surface area contributed by atoms with E-state index >= 15 is 0 Å². The van der Waals surface area contributed by atoms with E-state index in [2.05, 4.69) is 5.32 Å². The number of hydrogen-bond acceptors (Lipinski definition) is 3. The Kier molecular flexibility index (Phi) is 5.31. The number of nitrogens with two attached hydrogens (primary N) is 1. The molecule has 0 saturated heterocycles. The molecule has 1 amide bonds. The summed E-state index contributed by atoms with van der Waals surface area (Å²) in [5.74, 6) is -0.245. The van der Waals surface area contributed by atoms with Crippen molar-refractivity contribution < 1.29 is 9.00 Å². The molecule has 2 atom stereocenters. The summed E-state index contributed by atoms with van der Waals surface area (Å²) in [5, 5.41) is 2.59. The van der Waals surface area contributed by atoms with E-state index in [1.165, 1.54) is 0 Å². The quantitative estimate of drug-likeness (QED) is 0.824. The van der Waals surface area contributed by atoms with Gasteiger partial charge in [-0.1, -0.05) is 18.2 Å². The van der Waals surface area contributed by atoms with E-state index in [1.807, 2.05) is 31.2 Å². The maximum atomic E-state index is 11.7. The minimum atomic E-state index is -1.21. The second-order valence-corrected chi connectivity index (χ2v) is 5.79. The van der Waals surface area contributed by atoms with Gasteiger partial charge in [-0.05, 0) is 25.5 Å². The van der Waals surface area contributed by atoms with Crippen LogP contribution in [0.2, 0.25) is 0 Å². The average molecular weight is 254 g/mol. The molecular formula is C12H18N2O2S. The summed E-state index contributed by atoms with van der Waals surface area (Å²) in [6.07, 6.45) is 0. The fourth-order valence-corrected chi connectivity index (χ4v) is 2.11. The molecule has 0 aromatic heterocycles. The van der Waals surface area contributed by atoms with Crippen LogP contribution in [0.1, 0.15) is 12.5 Å². The summed E-state index contributed by atoms with van der Waals surface area (Å²) >= 11 is 0. The highest BCUT2D eigenvalue weighted by atomic mass is 32.2. The maximum absolute atomic E-state index is 11.7. The van der Waals surface area contributed by atoms with Crippen LogP contribution >= 0.6 is 0 Å². The van der Waals surface area contributed by atoms with E-state index in [9.17, 15) is 9.00 Å². The van der Waals surface area contributed by atoms with Gasteiger partial charge < -0.3 is 11.1 Å². The third kappa shape index (κ3) is 4.28. The molecule has 0 aliphatic carbocycles. The zero-order valence-corrected chi connectivity index (χ0v) is 10.9. The first kappa shape index (κ1) is 13.9. The number of rotatable bonds is 5. The average Bonchev–Trinajstić information content (AvgIpc) is 2.31. The van der Waals surface area contributed by atoms with Gasteiger partial charge in [0.2, 0.25) is 5.91 Å². The minimum absolute atomic E-state index is 0.00724. The zero-order chi connectivity index (χ0) is 12.8. The third-order valence-electron chi connectivity index (χ3n) is 2.47. The van der Waals surface area contributed by atoms with Crippen molar-refractivity contribution in [3.05, 3.63) is 29.8 Å². The van der Waals surface area contributed by atoms with E-state index in [-0.39, 0.29) is 16.9 Å². The number of nitrogens with one attached hydrogen (secondary N) is 1. The second kappa shape index (κ2) is 6.51. The smallest absolute Gasteiger partial charge is 0.237 e. The number of carbonyl (C=O) groups excluding carboxylic acids is 1. The van der Waals surface area contributed by atoms with Crippen molar-refractivity contribution in [2.24, 2.45) is 5.73 Å². The molecule has 5 heteroatoms. The van der Waals surface area contributed by atoms with E-state index in [4.69, 9.17) is 5.73 Å². The van der Waals surface area contributed by atoms with Gasteiger partial charge in [-0.15, -0.1) is 0 Å². The van der Waals surface area contributed by atoms with Crippen LogP contribution in [0, 0.1) is 6.92 Å². The van der Waals surface area contributed by atoms with Crippen molar-refractivity contribution in [3.8, 4) is 0 Å². The SMILES string of the molecule is Cc1ccccc1NC(=O)CS(=O)C(C)CN. The molecule has 0 aliphatic rings. The van der Waals surface area contributed by atoms with Crippen molar-refractivity contribution in [1.82, 2.24) is 0 Å². The number of aryl methyl sites for hydroxylation is 1. The summed E-state index contributed by atoms with van der Waals surface area (Å²) < 4.78 is 11.6. The van der Waals surface area contributed by atoms with Gasteiger partial charge in [-0.3, -0.25) is 9.00 Å². The van der Waals surface area contributed by atoms with Gasteiger partial charge in [0.1, 0.15) is 5.75 Å². The largest absolute Gasteiger partial charge is 0.329 e. The zero-order valence-electron chi connectivity index (χ0n) is 10.1. The Labute approximate surface area is 104 Å². The molecule has 0 fully saturated rings. The molecule has 1 rings (SSSR count). The van der Waals surface area contributed by atoms with Crippen molar-refractivity contribution in [2.45, 2.75) is 19.1 Å². The molecule has 0 bridgehead atoms. The first-order chi connectivity index (χ1) is 8.04. The Morgan fingerprint density at radius 2 is 2.12 bits per heavy atom. The highest BCUT2D eigenvalue weighted by Crippen LogP contribution is 2.12. The van der Waals surface area contributed by atoms with Crippen LogP contribution in [0.4, 0.5) is 5.69 Å². The monoisotopic (exact) mass is 254 g/mol. The molecule has 3 N–H and O–H groups in total. The Morgan fingerprint density at radius 1 is 1.47 bits per heavy atom. The van der Waals surface area contributed by atoms with Crippen LogP contribution < -0.4 is 11.1 Å². The molecule has 0 saturated carbocycles. The molecule has 0 radical (unpaired) electrons. The van der Waals surface area contributed by atoms with E-state index in [0.717, 1.165) is 11.3 Å². The van der Waals surface area contributed by atoms with Gasteiger partial charge in [-0.2, -0.15) is 0 Å². The topological polar surface area (TPSA) is 72.2 Å². The van der Waals surface area contributed by atoms with Gasteiger partial charge >= 0.3 is 0 Å². The molecule has 4 nitrogen and oxygen atoms in total.